The topological polar surface area (TPSA) is 70.8 Å². The lowest BCUT2D eigenvalue weighted by Gasteiger charge is -2.17. The van der Waals surface area contributed by atoms with Gasteiger partial charge in [-0.3, -0.25) is 9.59 Å². The molecule has 1 aromatic heterocycles. The number of halogens is 3. The monoisotopic (exact) mass is 291 g/mol. The van der Waals surface area contributed by atoms with E-state index >= 15 is 0 Å². The summed E-state index contributed by atoms with van der Waals surface area (Å²) in [6.45, 7) is 0.455. The highest BCUT2D eigenvalue weighted by molar-refractivity contribution is 5.92. The Morgan fingerprint density at radius 2 is 2.00 bits per heavy atom. The molecule has 0 bridgehead atoms. The van der Waals surface area contributed by atoms with Crippen molar-refractivity contribution in [3.05, 3.63) is 23.7 Å². The quantitative estimate of drug-likeness (QED) is 0.903. The van der Waals surface area contributed by atoms with Gasteiger partial charge in [-0.2, -0.15) is 13.2 Å². The van der Waals surface area contributed by atoms with Gasteiger partial charge < -0.3 is 14.4 Å². The molecule has 2 atom stereocenters. The van der Waals surface area contributed by atoms with Crippen molar-refractivity contribution in [3.63, 3.8) is 0 Å². The van der Waals surface area contributed by atoms with E-state index in [9.17, 15) is 22.8 Å². The van der Waals surface area contributed by atoms with Gasteiger partial charge in [-0.1, -0.05) is 0 Å². The molecule has 0 aromatic carbocycles. The smallest absolute Gasteiger partial charge is 0.394 e. The summed E-state index contributed by atoms with van der Waals surface area (Å²) in [7, 11) is 0. The van der Waals surface area contributed by atoms with Crippen LogP contribution in [-0.2, 0) is 4.79 Å². The maximum Gasteiger partial charge on any atom is 0.394 e. The third kappa shape index (κ3) is 2.63. The highest BCUT2D eigenvalue weighted by Crippen LogP contribution is 2.38. The number of aliphatic carboxylic acids is 1. The largest absolute Gasteiger partial charge is 0.481 e. The van der Waals surface area contributed by atoms with Crippen LogP contribution in [-0.4, -0.2) is 41.1 Å². The van der Waals surface area contributed by atoms with Gasteiger partial charge in [0.25, 0.3) is 5.91 Å². The first-order valence-corrected chi connectivity index (χ1v) is 5.85. The number of carboxylic acid groups (broad SMARTS) is 1. The highest BCUT2D eigenvalue weighted by atomic mass is 19.4. The molecular formula is C12H12F3NO4. The number of furan rings is 1. The predicted molar refractivity (Wildman–Crippen MR) is 60.0 cm³/mol. The van der Waals surface area contributed by atoms with E-state index in [2.05, 4.69) is 0 Å². The Labute approximate surface area is 112 Å². The van der Waals surface area contributed by atoms with Crippen molar-refractivity contribution in [1.82, 2.24) is 4.90 Å². The first-order valence-electron chi connectivity index (χ1n) is 5.85. The number of hydrogen-bond donors (Lipinski definition) is 1. The fourth-order valence-electron chi connectivity index (χ4n) is 2.26. The van der Waals surface area contributed by atoms with Gasteiger partial charge in [-0.15, -0.1) is 0 Å². The number of carboxylic acids is 1. The molecule has 0 aliphatic carbocycles. The minimum Gasteiger partial charge on any atom is -0.481 e. The zero-order valence-electron chi connectivity index (χ0n) is 10.5. The second kappa shape index (κ2) is 4.84. The standard InChI is InChI=1S/C12H12F3NO4/c1-6-2-3-9(20-6)10(17)16-4-7(11(18)19)8(5-16)12(13,14)15/h2-3,7-8H,4-5H2,1H3,(H,18,19)/t7-,8-/m1/s1. The second-order valence-electron chi connectivity index (χ2n) is 4.71. The van der Waals surface area contributed by atoms with Crippen molar-refractivity contribution >= 4 is 11.9 Å². The lowest BCUT2D eigenvalue weighted by Crippen LogP contribution is -2.34. The molecule has 0 spiro atoms. The highest BCUT2D eigenvalue weighted by Gasteiger charge is 2.53. The summed E-state index contributed by atoms with van der Waals surface area (Å²) in [5.41, 5.74) is 0. The molecule has 1 saturated heterocycles. The van der Waals surface area contributed by atoms with E-state index < -0.39 is 43.0 Å². The second-order valence-corrected chi connectivity index (χ2v) is 4.71. The summed E-state index contributed by atoms with van der Waals surface area (Å²) >= 11 is 0. The Hall–Kier alpha value is -1.99. The number of aryl methyl sites for hydroxylation is 1. The summed E-state index contributed by atoms with van der Waals surface area (Å²) in [5, 5.41) is 8.86. The van der Waals surface area contributed by atoms with Gasteiger partial charge in [0.15, 0.2) is 5.76 Å². The molecule has 2 rings (SSSR count). The molecule has 0 radical (unpaired) electrons. The Bertz CT molecular complexity index is 537. The van der Waals surface area contributed by atoms with Crippen molar-refractivity contribution in [3.8, 4) is 0 Å². The van der Waals surface area contributed by atoms with Gasteiger partial charge in [0, 0.05) is 13.1 Å². The molecule has 110 valence electrons. The van der Waals surface area contributed by atoms with Crippen LogP contribution in [0.1, 0.15) is 16.3 Å². The lowest BCUT2D eigenvalue weighted by atomic mass is 9.96. The van der Waals surface area contributed by atoms with E-state index in [0.29, 0.717) is 5.76 Å². The van der Waals surface area contributed by atoms with Crippen LogP contribution in [0.5, 0.6) is 0 Å². The molecule has 2 heterocycles. The summed E-state index contributed by atoms with van der Waals surface area (Å²) in [5.74, 6) is -5.62. The minimum atomic E-state index is -4.66. The molecular weight excluding hydrogens is 279 g/mol. The molecule has 20 heavy (non-hydrogen) atoms. The molecule has 0 saturated carbocycles. The van der Waals surface area contributed by atoms with Gasteiger partial charge in [-0.05, 0) is 19.1 Å². The molecule has 1 aliphatic heterocycles. The van der Waals surface area contributed by atoms with Gasteiger partial charge in [-0.25, -0.2) is 0 Å². The fraction of sp³-hybridized carbons (Fsp3) is 0.500. The van der Waals surface area contributed by atoms with Crippen molar-refractivity contribution < 1.29 is 32.3 Å². The van der Waals surface area contributed by atoms with Crippen LogP contribution in [0.15, 0.2) is 16.5 Å². The zero-order valence-corrected chi connectivity index (χ0v) is 10.5. The number of rotatable bonds is 2. The average molecular weight is 291 g/mol. The van der Waals surface area contributed by atoms with Crippen LogP contribution in [0.3, 0.4) is 0 Å². The summed E-state index contributed by atoms with van der Waals surface area (Å²) in [4.78, 5) is 23.7. The number of likely N-dealkylation sites (tertiary alicyclic amines) is 1. The third-order valence-corrected chi connectivity index (χ3v) is 3.30. The van der Waals surface area contributed by atoms with Crippen molar-refractivity contribution in [2.75, 3.05) is 13.1 Å². The number of amides is 1. The summed E-state index contributed by atoms with van der Waals surface area (Å²) < 4.78 is 43.4. The molecule has 1 fully saturated rings. The summed E-state index contributed by atoms with van der Waals surface area (Å²) in [6.07, 6.45) is -4.66. The van der Waals surface area contributed by atoms with Gasteiger partial charge in [0.1, 0.15) is 5.76 Å². The van der Waals surface area contributed by atoms with E-state index in [4.69, 9.17) is 9.52 Å². The fourth-order valence-corrected chi connectivity index (χ4v) is 2.26. The van der Waals surface area contributed by atoms with E-state index in [1.54, 1.807) is 6.92 Å². The average Bonchev–Trinajstić information content (AvgIpc) is 2.93. The van der Waals surface area contributed by atoms with E-state index in [0.717, 1.165) is 4.90 Å². The molecule has 1 amide bonds. The normalized spacial score (nSPS) is 23.1. The first-order chi connectivity index (χ1) is 9.20. The molecule has 0 unspecified atom stereocenters. The van der Waals surface area contributed by atoms with Crippen LogP contribution < -0.4 is 0 Å². The molecule has 8 heteroatoms. The van der Waals surface area contributed by atoms with E-state index in [1.165, 1.54) is 12.1 Å². The van der Waals surface area contributed by atoms with E-state index in [1.807, 2.05) is 0 Å². The van der Waals surface area contributed by atoms with Crippen LogP contribution in [0.4, 0.5) is 13.2 Å². The SMILES string of the molecule is Cc1ccc(C(=O)N2C[C@@H](C(F)(F)F)[C@H](C(=O)O)C2)o1. The zero-order chi connectivity index (χ0) is 15.1. The van der Waals surface area contributed by atoms with Crippen molar-refractivity contribution in [1.29, 1.82) is 0 Å². The number of nitrogens with zero attached hydrogens (tertiary/aromatic N) is 1. The Kier molecular flexibility index (Phi) is 3.49. The van der Waals surface area contributed by atoms with Gasteiger partial charge in [0.05, 0.1) is 11.8 Å². The third-order valence-electron chi connectivity index (χ3n) is 3.30. The van der Waals surface area contributed by atoms with Crippen molar-refractivity contribution in [2.24, 2.45) is 11.8 Å². The van der Waals surface area contributed by atoms with Crippen LogP contribution in [0.25, 0.3) is 0 Å². The van der Waals surface area contributed by atoms with Crippen molar-refractivity contribution in [2.45, 2.75) is 13.1 Å². The number of alkyl halides is 3. The minimum absolute atomic E-state index is 0.0885. The Morgan fingerprint density at radius 3 is 2.40 bits per heavy atom. The van der Waals surface area contributed by atoms with Gasteiger partial charge >= 0.3 is 12.1 Å². The van der Waals surface area contributed by atoms with Gasteiger partial charge in [0.2, 0.25) is 0 Å². The number of hydrogen-bond acceptors (Lipinski definition) is 3. The summed E-state index contributed by atoms with van der Waals surface area (Å²) in [6, 6.07) is 2.87. The maximum atomic E-state index is 12.8. The molecule has 1 aromatic rings. The van der Waals surface area contributed by atoms with Crippen LogP contribution in [0.2, 0.25) is 0 Å². The van der Waals surface area contributed by atoms with Crippen LogP contribution >= 0.6 is 0 Å². The predicted octanol–water partition coefficient (Wildman–Crippen LogP) is 1.92. The Balaban J connectivity index is 2.20. The molecule has 5 nitrogen and oxygen atoms in total. The lowest BCUT2D eigenvalue weighted by molar-refractivity contribution is -0.187. The number of carbonyl (C=O) groups is 2. The van der Waals surface area contributed by atoms with Crippen LogP contribution in [0, 0.1) is 18.8 Å². The van der Waals surface area contributed by atoms with E-state index in [-0.39, 0.29) is 5.76 Å². The number of carbonyl (C=O) groups excluding carboxylic acids is 1. The first kappa shape index (κ1) is 14.4. The molecule has 1 N–H and O–H groups in total. The Morgan fingerprint density at radius 1 is 1.35 bits per heavy atom. The maximum absolute atomic E-state index is 12.8. The molecule has 1 aliphatic rings.